The molecule has 7 N–H and O–H groups in total. The van der Waals surface area contributed by atoms with E-state index in [9.17, 15) is 33.9 Å². The predicted octanol–water partition coefficient (Wildman–Crippen LogP) is 5.45. The summed E-state index contributed by atoms with van der Waals surface area (Å²) in [6.45, 7) is 5.02. The van der Waals surface area contributed by atoms with Gasteiger partial charge < -0.3 is 31.2 Å². The first-order valence-electron chi connectivity index (χ1n) is 19.4. The van der Waals surface area contributed by atoms with Gasteiger partial charge in [0, 0.05) is 29.4 Å². The highest BCUT2D eigenvalue weighted by molar-refractivity contribution is 6.15. The number of nitrogens with two attached hydrogens (primary N) is 1. The maximum Gasteiger partial charge on any atom is 0.408 e. The van der Waals surface area contributed by atoms with Crippen LogP contribution in [-0.4, -0.2) is 69.4 Å². The average Bonchev–Trinajstić information content (AvgIpc) is 3.82. The van der Waals surface area contributed by atoms with Crippen molar-refractivity contribution in [2.24, 2.45) is 11.1 Å². The Bertz CT molecular complexity index is 2330. The molecule has 58 heavy (non-hydrogen) atoms. The first-order valence-corrected chi connectivity index (χ1v) is 19.4. The number of amides is 4. The summed E-state index contributed by atoms with van der Waals surface area (Å²) in [5.41, 5.74) is 6.36. The Morgan fingerprint density at radius 2 is 1.53 bits per heavy atom. The van der Waals surface area contributed by atoms with Gasteiger partial charge in [-0.25, -0.2) is 4.79 Å². The molecule has 1 aromatic heterocycles. The number of carbonyl (C=O) groups is 6. The van der Waals surface area contributed by atoms with Gasteiger partial charge >= 0.3 is 12.1 Å². The third-order valence-corrected chi connectivity index (χ3v) is 10.7. The Morgan fingerprint density at radius 3 is 2.26 bits per heavy atom. The molecule has 4 amide bonds. The van der Waals surface area contributed by atoms with E-state index in [2.05, 4.69) is 20.9 Å². The molecule has 5 aromatic rings. The lowest BCUT2D eigenvalue weighted by Crippen LogP contribution is -2.60. The Labute approximate surface area is 336 Å². The van der Waals surface area contributed by atoms with E-state index < -0.39 is 77.0 Å². The molecule has 1 aliphatic rings. The Hall–Kier alpha value is -6.34. The molecule has 0 saturated heterocycles. The van der Waals surface area contributed by atoms with Gasteiger partial charge in [-0.1, -0.05) is 97.4 Å². The standard InChI is InChI=1S/C45H49N5O8/c1-44(2,3)58-43(57)49-37(24-31-26-47-35-18-10-9-16-32(31)35)41(55)50-42(56)45(21-11-17-33(45)29-13-5-4-6-14-29)39(53)36(25-38(51)52)48-40(54)34(46)23-27-19-20-28-12-7-8-15-30(28)22-27/h4-10,12-16,18-20,22,26,33-34,36-37,47H,11,17,21,23-25,46H2,1-3H3,(H,48,54)(H,49,57)(H,51,52)(H,50,55,56)/t33-,34-,36-,37-,45+/m0/s1. The molecule has 6 rings (SSSR count). The van der Waals surface area contributed by atoms with Gasteiger partial charge in [-0.3, -0.25) is 29.3 Å². The molecule has 1 saturated carbocycles. The van der Waals surface area contributed by atoms with Crippen molar-refractivity contribution in [3.8, 4) is 0 Å². The van der Waals surface area contributed by atoms with Crippen molar-refractivity contribution in [2.45, 2.75) is 88.9 Å². The van der Waals surface area contributed by atoms with E-state index in [1.807, 2.05) is 66.7 Å². The Balaban J connectivity index is 1.30. The number of hydrogen-bond acceptors (Lipinski definition) is 8. The molecule has 0 bridgehead atoms. The average molecular weight is 788 g/mol. The van der Waals surface area contributed by atoms with Gasteiger partial charge in [0.05, 0.1) is 18.5 Å². The number of imide groups is 1. The lowest BCUT2D eigenvalue weighted by Gasteiger charge is -2.36. The van der Waals surface area contributed by atoms with Crippen molar-refractivity contribution < 1.29 is 38.6 Å². The summed E-state index contributed by atoms with van der Waals surface area (Å²) in [5.74, 6) is -5.65. The summed E-state index contributed by atoms with van der Waals surface area (Å²) in [7, 11) is 0. The van der Waals surface area contributed by atoms with Crippen LogP contribution in [0.15, 0.2) is 103 Å². The summed E-state index contributed by atoms with van der Waals surface area (Å²) in [6, 6.07) is 25.5. The summed E-state index contributed by atoms with van der Waals surface area (Å²) >= 11 is 0. The maximum atomic E-state index is 15.0. The third kappa shape index (κ3) is 9.43. The van der Waals surface area contributed by atoms with Crippen LogP contribution >= 0.6 is 0 Å². The third-order valence-electron chi connectivity index (χ3n) is 10.7. The molecular weight excluding hydrogens is 739 g/mol. The molecule has 13 nitrogen and oxygen atoms in total. The minimum atomic E-state index is -1.98. The number of hydrogen-bond donors (Lipinski definition) is 6. The minimum absolute atomic E-state index is 0.0355. The molecule has 1 heterocycles. The molecule has 1 fully saturated rings. The molecule has 4 aromatic carbocycles. The van der Waals surface area contributed by atoms with E-state index in [4.69, 9.17) is 10.5 Å². The van der Waals surface area contributed by atoms with Crippen LogP contribution in [0.5, 0.6) is 0 Å². The Kier molecular flexibility index (Phi) is 12.4. The van der Waals surface area contributed by atoms with Crippen LogP contribution < -0.4 is 21.7 Å². The number of aromatic amines is 1. The number of aliphatic carboxylic acids is 1. The number of carbonyl (C=O) groups excluding carboxylic acids is 5. The normalized spacial score (nSPS) is 18.2. The van der Waals surface area contributed by atoms with Gasteiger partial charge in [0.2, 0.25) is 17.7 Å². The van der Waals surface area contributed by atoms with Gasteiger partial charge in [0.15, 0.2) is 5.78 Å². The number of Topliss-reactive ketones (excluding diaryl/α,β-unsaturated/α-hetero) is 1. The summed E-state index contributed by atoms with van der Waals surface area (Å²) < 4.78 is 5.46. The molecule has 0 radical (unpaired) electrons. The lowest BCUT2D eigenvalue weighted by molar-refractivity contribution is -0.150. The zero-order valence-corrected chi connectivity index (χ0v) is 32.7. The van der Waals surface area contributed by atoms with Gasteiger partial charge in [0.1, 0.15) is 17.1 Å². The minimum Gasteiger partial charge on any atom is -0.481 e. The fourth-order valence-electron chi connectivity index (χ4n) is 8.00. The second-order valence-electron chi connectivity index (χ2n) is 15.9. The van der Waals surface area contributed by atoms with E-state index in [0.29, 0.717) is 24.0 Å². The fourth-order valence-corrected chi connectivity index (χ4v) is 8.00. The number of aromatic nitrogens is 1. The number of carboxylic acids is 1. The van der Waals surface area contributed by atoms with Gasteiger partial charge in [0.25, 0.3) is 0 Å². The van der Waals surface area contributed by atoms with E-state index in [1.54, 1.807) is 57.3 Å². The number of nitrogens with one attached hydrogen (secondary N) is 4. The number of rotatable bonds is 14. The predicted molar refractivity (Wildman–Crippen MR) is 219 cm³/mol. The molecular formula is C45H49N5O8. The van der Waals surface area contributed by atoms with Crippen molar-refractivity contribution in [3.63, 3.8) is 0 Å². The SMILES string of the molecule is CC(C)(C)OC(=O)N[C@@H](Cc1c[nH]c2ccccc12)C(=O)NC(=O)[C@]1(C(=O)[C@H](CC(=O)O)NC(=O)[C@@H](N)Cc2ccc3ccccc3c2)CCC[C@H]1c1ccccc1. The van der Waals surface area contributed by atoms with Gasteiger partial charge in [-0.05, 0) is 73.6 Å². The van der Waals surface area contributed by atoms with Crippen molar-refractivity contribution in [1.29, 1.82) is 0 Å². The smallest absolute Gasteiger partial charge is 0.408 e. The van der Waals surface area contributed by atoms with Crippen molar-refractivity contribution in [1.82, 2.24) is 20.9 Å². The monoisotopic (exact) mass is 787 g/mol. The molecule has 302 valence electrons. The number of fused-ring (bicyclic) bond motifs is 2. The largest absolute Gasteiger partial charge is 0.481 e. The molecule has 1 aliphatic carbocycles. The summed E-state index contributed by atoms with van der Waals surface area (Å²) in [4.78, 5) is 86.2. The van der Waals surface area contributed by atoms with E-state index in [-0.39, 0.29) is 19.3 Å². The van der Waals surface area contributed by atoms with Crippen molar-refractivity contribution in [2.75, 3.05) is 0 Å². The fraction of sp³-hybridized carbons (Fsp3) is 0.333. The second-order valence-corrected chi connectivity index (χ2v) is 15.9. The van der Waals surface area contributed by atoms with Crippen LogP contribution in [-0.2, 0) is 41.6 Å². The first-order chi connectivity index (χ1) is 27.6. The summed E-state index contributed by atoms with van der Waals surface area (Å²) in [5, 5.41) is 20.4. The number of para-hydroxylation sites is 1. The molecule has 0 unspecified atom stereocenters. The van der Waals surface area contributed by atoms with Crippen LogP contribution in [0.4, 0.5) is 4.79 Å². The number of ether oxygens (including phenoxy) is 1. The van der Waals surface area contributed by atoms with Crippen molar-refractivity contribution >= 4 is 57.2 Å². The van der Waals surface area contributed by atoms with E-state index >= 15 is 0 Å². The van der Waals surface area contributed by atoms with Gasteiger partial charge in [-0.15, -0.1) is 0 Å². The first kappa shape index (κ1) is 41.3. The topological polar surface area (TPSA) is 210 Å². The number of carboxylic acid groups (broad SMARTS) is 1. The van der Waals surface area contributed by atoms with Gasteiger partial charge in [-0.2, -0.15) is 0 Å². The number of benzene rings is 4. The van der Waals surface area contributed by atoms with Crippen LogP contribution in [0.25, 0.3) is 21.7 Å². The van der Waals surface area contributed by atoms with Crippen molar-refractivity contribution in [3.05, 3.63) is 120 Å². The number of ketones is 1. The van der Waals surface area contributed by atoms with E-state index in [1.165, 1.54) is 0 Å². The lowest BCUT2D eigenvalue weighted by atomic mass is 9.68. The van der Waals surface area contributed by atoms with E-state index in [0.717, 1.165) is 27.2 Å². The van der Waals surface area contributed by atoms with Crippen LogP contribution in [0.1, 0.15) is 69.1 Å². The highest BCUT2D eigenvalue weighted by Crippen LogP contribution is 2.51. The quantitative estimate of drug-likeness (QED) is 0.0790. The molecule has 0 aliphatic heterocycles. The Morgan fingerprint density at radius 1 is 0.845 bits per heavy atom. The van der Waals surface area contributed by atoms with Crippen LogP contribution in [0.3, 0.4) is 0 Å². The molecule has 0 spiro atoms. The van der Waals surface area contributed by atoms with Crippen LogP contribution in [0.2, 0.25) is 0 Å². The molecule has 13 heteroatoms. The highest BCUT2D eigenvalue weighted by atomic mass is 16.6. The van der Waals surface area contributed by atoms with Crippen LogP contribution in [0, 0.1) is 5.41 Å². The molecule has 5 atom stereocenters. The number of alkyl carbamates (subject to hydrolysis) is 1. The highest BCUT2D eigenvalue weighted by Gasteiger charge is 2.57. The maximum absolute atomic E-state index is 15.0. The second kappa shape index (κ2) is 17.4. The zero-order chi connectivity index (χ0) is 41.6. The zero-order valence-electron chi connectivity index (χ0n) is 32.7. The summed E-state index contributed by atoms with van der Waals surface area (Å²) in [6.07, 6.45) is 0.753. The number of H-pyrrole nitrogens is 1.